The van der Waals surface area contributed by atoms with Crippen LogP contribution in [0.4, 0.5) is 11.4 Å². The molecule has 0 saturated carbocycles. The van der Waals surface area contributed by atoms with E-state index in [0.29, 0.717) is 23.6 Å². The second-order valence-corrected chi connectivity index (χ2v) is 7.04. The van der Waals surface area contributed by atoms with E-state index in [9.17, 15) is 14.4 Å². The fourth-order valence-electron chi connectivity index (χ4n) is 3.44. The summed E-state index contributed by atoms with van der Waals surface area (Å²) in [6.07, 6.45) is 1.67. The number of rotatable bonds is 6. The summed E-state index contributed by atoms with van der Waals surface area (Å²) in [4.78, 5) is 39.4. The summed E-state index contributed by atoms with van der Waals surface area (Å²) in [6, 6.07) is 19.6. The average Bonchev–Trinajstić information content (AvgIpc) is 3.43. The van der Waals surface area contributed by atoms with E-state index in [-0.39, 0.29) is 30.7 Å². The summed E-state index contributed by atoms with van der Waals surface area (Å²) in [5.74, 6) is -0.554. The second-order valence-electron chi connectivity index (χ2n) is 7.04. The number of hydrogen-bond acceptors (Lipinski definition) is 4. The summed E-state index contributed by atoms with van der Waals surface area (Å²) in [6.45, 7) is 0.554. The molecule has 4 rings (SSSR count). The van der Waals surface area contributed by atoms with Gasteiger partial charge in [-0.05, 0) is 36.4 Å². The summed E-state index contributed by atoms with van der Waals surface area (Å²) in [5.41, 5.74) is 1.53. The van der Waals surface area contributed by atoms with Gasteiger partial charge in [-0.1, -0.05) is 30.3 Å². The van der Waals surface area contributed by atoms with Crippen LogP contribution < -0.4 is 15.5 Å². The van der Waals surface area contributed by atoms with E-state index >= 15 is 0 Å². The van der Waals surface area contributed by atoms with E-state index in [2.05, 4.69) is 10.6 Å². The van der Waals surface area contributed by atoms with Crippen LogP contribution in [-0.4, -0.2) is 24.3 Å². The number of anilines is 2. The van der Waals surface area contributed by atoms with E-state index in [4.69, 9.17) is 4.42 Å². The first kappa shape index (κ1) is 19.4. The van der Waals surface area contributed by atoms with Crippen molar-refractivity contribution < 1.29 is 18.8 Å². The highest BCUT2D eigenvalue weighted by Crippen LogP contribution is 2.26. The van der Waals surface area contributed by atoms with Crippen LogP contribution in [0, 0.1) is 5.92 Å². The van der Waals surface area contributed by atoms with Crippen molar-refractivity contribution in [1.29, 1.82) is 0 Å². The number of para-hydroxylation sites is 2. The number of amides is 3. The zero-order chi connectivity index (χ0) is 20.9. The van der Waals surface area contributed by atoms with Gasteiger partial charge < -0.3 is 20.0 Å². The van der Waals surface area contributed by atoms with Gasteiger partial charge >= 0.3 is 0 Å². The van der Waals surface area contributed by atoms with Crippen LogP contribution in [0.3, 0.4) is 0 Å². The van der Waals surface area contributed by atoms with Crippen LogP contribution in [0.2, 0.25) is 0 Å². The molecule has 0 unspecified atom stereocenters. The van der Waals surface area contributed by atoms with Crippen molar-refractivity contribution in [1.82, 2.24) is 5.32 Å². The molecule has 7 nitrogen and oxygen atoms in total. The molecule has 3 aromatic rings. The van der Waals surface area contributed by atoms with E-state index < -0.39 is 5.92 Å². The lowest BCUT2D eigenvalue weighted by Gasteiger charge is -2.17. The average molecular weight is 403 g/mol. The van der Waals surface area contributed by atoms with Gasteiger partial charge in [0.2, 0.25) is 11.8 Å². The number of nitrogens with one attached hydrogen (secondary N) is 2. The maximum absolute atomic E-state index is 12.8. The van der Waals surface area contributed by atoms with Gasteiger partial charge in [-0.15, -0.1) is 0 Å². The number of furan rings is 1. The van der Waals surface area contributed by atoms with Crippen molar-refractivity contribution in [2.45, 2.75) is 13.0 Å². The van der Waals surface area contributed by atoms with Gasteiger partial charge in [-0.25, -0.2) is 0 Å². The Morgan fingerprint density at radius 2 is 1.77 bits per heavy atom. The Bertz CT molecular complexity index is 1050. The summed E-state index contributed by atoms with van der Waals surface area (Å²) in [5, 5.41) is 5.59. The maximum Gasteiger partial charge on any atom is 0.253 e. The zero-order valence-corrected chi connectivity index (χ0v) is 16.2. The molecule has 0 spiro atoms. The van der Waals surface area contributed by atoms with E-state index in [1.165, 1.54) is 6.26 Å². The first-order valence-electron chi connectivity index (χ1n) is 9.67. The minimum Gasteiger partial charge on any atom is -0.467 e. The lowest BCUT2D eigenvalue weighted by molar-refractivity contribution is -0.122. The molecule has 30 heavy (non-hydrogen) atoms. The van der Waals surface area contributed by atoms with Crippen molar-refractivity contribution in [3.8, 4) is 0 Å². The van der Waals surface area contributed by atoms with Gasteiger partial charge in [0.05, 0.1) is 30.0 Å². The number of nitrogens with zero attached hydrogens (tertiary/aromatic N) is 1. The quantitative estimate of drug-likeness (QED) is 0.661. The molecule has 0 radical (unpaired) electrons. The zero-order valence-electron chi connectivity index (χ0n) is 16.2. The molecule has 1 saturated heterocycles. The van der Waals surface area contributed by atoms with Crippen molar-refractivity contribution >= 4 is 29.1 Å². The third kappa shape index (κ3) is 4.25. The van der Waals surface area contributed by atoms with Crippen LogP contribution in [0.1, 0.15) is 22.5 Å². The van der Waals surface area contributed by atoms with Crippen molar-refractivity contribution in [3.05, 3.63) is 84.3 Å². The molecular formula is C23H21N3O4. The molecule has 1 aromatic heterocycles. The minimum atomic E-state index is -0.489. The smallest absolute Gasteiger partial charge is 0.253 e. The molecule has 1 aliphatic rings. The van der Waals surface area contributed by atoms with Crippen LogP contribution >= 0.6 is 0 Å². The first-order valence-corrected chi connectivity index (χ1v) is 9.67. The Hall–Kier alpha value is -3.87. The second kappa shape index (κ2) is 8.65. The van der Waals surface area contributed by atoms with Crippen LogP contribution in [0.25, 0.3) is 0 Å². The van der Waals surface area contributed by atoms with Crippen molar-refractivity contribution in [3.63, 3.8) is 0 Å². The molecule has 2 heterocycles. The molecule has 2 aromatic carbocycles. The third-order valence-electron chi connectivity index (χ3n) is 5.00. The van der Waals surface area contributed by atoms with Gasteiger partial charge in [-0.2, -0.15) is 0 Å². The number of carbonyl (C=O) groups excluding carboxylic acids is 3. The molecule has 1 aliphatic heterocycles. The van der Waals surface area contributed by atoms with Crippen molar-refractivity contribution in [2.24, 2.45) is 5.92 Å². The fourth-order valence-corrected chi connectivity index (χ4v) is 3.44. The highest BCUT2D eigenvalue weighted by atomic mass is 16.3. The fraction of sp³-hybridized carbons (Fsp3) is 0.174. The third-order valence-corrected chi connectivity index (χ3v) is 5.00. The Morgan fingerprint density at radius 3 is 2.53 bits per heavy atom. The number of benzene rings is 2. The number of carbonyl (C=O) groups is 3. The Kier molecular flexibility index (Phi) is 5.61. The van der Waals surface area contributed by atoms with Crippen LogP contribution in [0.5, 0.6) is 0 Å². The van der Waals surface area contributed by atoms with Crippen molar-refractivity contribution in [2.75, 3.05) is 16.8 Å². The Morgan fingerprint density at radius 1 is 1.00 bits per heavy atom. The summed E-state index contributed by atoms with van der Waals surface area (Å²) < 4.78 is 5.22. The Balaban J connectivity index is 1.42. The lowest BCUT2D eigenvalue weighted by atomic mass is 10.1. The molecule has 0 bridgehead atoms. The van der Waals surface area contributed by atoms with Gasteiger partial charge in [0.15, 0.2) is 0 Å². The molecule has 0 aliphatic carbocycles. The minimum absolute atomic E-state index is 0.0918. The number of hydrogen-bond donors (Lipinski definition) is 2. The van der Waals surface area contributed by atoms with Gasteiger partial charge in [0.1, 0.15) is 5.76 Å². The van der Waals surface area contributed by atoms with Gasteiger partial charge in [0.25, 0.3) is 5.91 Å². The predicted octanol–water partition coefficient (Wildman–Crippen LogP) is 3.20. The lowest BCUT2D eigenvalue weighted by Crippen LogP contribution is -2.29. The molecule has 2 N–H and O–H groups in total. The van der Waals surface area contributed by atoms with E-state index in [0.717, 1.165) is 5.69 Å². The molecular weight excluding hydrogens is 382 g/mol. The standard InChI is InChI=1S/C23H21N3O4/c27-21-13-16(15-26(21)17-7-2-1-3-8-17)22(28)25-20-11-5-4-10-19(20)23(29)24-14-18-9-6-12-30-18/h1-12,16H,13-15H2,(H,24,29)(H,25,28)/t16-/m0/s1. The first-order chi connectivity index (χ1) is 14.6. The Labute approximate surface area is 173 Å². The maximum atomic E-state index is 12.8. The summed E-state index contributed by atoms with van der Waals surface area (Å²) in [7, 11) is 0. The molecule has 7 heteroatoms. The monoisotopic (exact) mass is 403 g/mol. The SMILES string of the molecule is O=C(NCc1ccco1)c1ccccc1NC(=O)[C@H]1CC(=O)N(c2ccccc2)C1. The van der Waals surface area contributed by atoms with Gasteiger partial charge in [0, 0.05) is 18.7 Å². The normalized spacial score (nSPS) is 15.8. The van der Waals surface area contributed by atoms with E-state index in [1.54, 1.807) is 41.3 Å². The highest BCUT2D eigenvalue weighted by Gasteiger charge is 2.35. The van der Waals surface area contributed by atoms with Gasteiger partial charge in [-0.3, -0.25) is 14.4 Å². The molecule has 3 amide bonds. The largest absolute Gasteiger partial charge is 0.467 e. The summed E-state index contributed by atoms with van der Waals surface area (Å²) >= 11 is 0. The molecule has 1 atom stereocenters. The highest BCUT2D eigenvalue weighted by molar-refractivity contribution is 6.07. The molecule has 1 fully saturated rings. The van der Waals surface area contributed by atoms with E-state index in [1.807, 2.05) is 30.3 Å². The van der Waals surface area contributed by atoms with Crippen LogP contribution in [-0.2, 0) is 16.1 Å². The topological polar surface area (TPSA) is 91.6 Å². The predicted molar refractivity (Wildman–Crippen MR) is 112 cm³/mol. The van der Waals surface area contributed by atoms with Crippen LogP contribution in [0.15, 0.2) is 77.4 Å². The molecule has 152 valence electrons.